The van der Waals surface area contributed by atoms with E-state index in [1.807, 2.05) is 0 Å². The Kier molecular flexibility index (Phi) is 6.35. The number of nitro benzene ring substituents is 2. The average Bonchev–Trinajstić information content (AvgIpc) is 2.79. The lowest BCUT2D eigenvalue weighted by Crippen LogP contribution is -2.16. The molecular weight excluding hydrogens is 442 g/mol. The van der Waals surface area contributed by atoms with Crippen molar-refractivity contribution in [3.8, 4) is 0 Å². The van der Waals surface area contributed by atoms with Crippen molar-refractivity contribution in [3.63, 3.8) is 0 Å². The predicted octanol–water partition coefficient (Wildman–Crippen LogP) is 3.50. The molecule has 0 fully saturated rings. The Labute approximate surface area is 181 Å². The zero-order valence-electron chi connectivity index (χ0n) is 16.0. The number of hydrogen-bond donors (Lipinski definition) is 0. The highest BCUT2D eigenvalue weighted by molar-refractivity contribution is 7.90. The van der Waals surface area contributed by atoms with Crippen LogP contribution < -0.4 is 0 Å². The Morgan fingerprint density at radius 3 is 1.78 bits per heavy atom. The summed E-state index contributed by atoms with van der Waals surface area (Å²) in [5.41, 5.74) is -1.81. The summed E-state index contributed by atoms with van der Waals surface area (Å²) in [5.74, 6) is -1.86. The van der Waals surface area contributed by atoms with Gasteiger partial charge < -0.3 is 4.74 Å². The zero-order chi connectivity index (χ0) is 23.3. The van der Waals surface area contributed by atoms with Crippen molar-refractivity contribution < 1.29 is 27.8 Å². The van der Waals surface area contributed by atoms with E-state index in [0.29, 0.717) is 6.07 Å². The van der Waals surface area contributed by atoms with Crippen LogP contribution in [0.5, 0.6) is 0 Å². The molecule has 0 amide bonds. The summed E-state index contributed by atoms with van der Waals surface area (Å²) in [4.78, 5) is 32.8. The number of benzene rings is 3. The summed E-state index contributed by atoms with van der Waals surface area (Å²) in [6, 6.07) is 17.0. The molecule has 3 aromatic rings. The maximum Gasteiger partial charge on any atom is 0.345 e. The third-order valence-corrected chi connectivity index (χ3v) is 5.29. The summed E-state index contributed by atoms with van der Waals surface area (Å²) < 4.78 is 34.1. The number of ether oxygens (including phenoxy) is 1. The molecule has 11 nitrogen and oxygen atoms in total. The minimum Gasteiger partial charge on any atom is -0.402 e. The van der Waals surface area contributed by atoms with Crippen LogP contribution in [0.1, 0.15) is 15.9 Å². The predicted molar refractivity (Wildman–Crippen MR) is 112 cm³/mol. The molecule has 32 heavy (non-hydrogen) atoms. The number of esters is 1. The fraction of sp³-hybridized carbons (Fsp3) is 0. The number of hydrogen-bond acceptors (Lipinski definition) is 8. The highest BCUT2D eigenvalue weighted by Gasteiger charge is 2.24. The Hall–Kier alpha value is -4.45. The fourth-order valence-corrected chi connectivity index (χ4v) is 3.50. The van der Waals surface area contributed by atoms with Gasteiger partial charge in [-0.3, -0.25) is 20.2 Å². The van der Waals surface area contributed by atoms with Crippen LogP contribution >= 0.6 is 0 Å². The van der Waals surface area contributed by atoms with E-state index in [1.165, 1.54) is 36.4 Å². The van der Waals surface area contributed by atoms with Crippen molar-refractivity contribution in [2.75, 3.05) is 0 Å². The lowest BCUT2D eigenvalue weighted by molar-refractivity contribution is -0.394. The second-order valence-electron chi connectivity index (χ2n) is 6.19. The van der Waals surface area contributed by atoms with Crippen molar-refractivity contribution >= 4 is 33.3 Å². The van der Waals surface area contributed by atoms with Crippen molar-refractivity contribution in [3.05, 3.63) is 110 Å². The molecule has 0 unspecified atom stereocenters. The number of carbonyl (C=O) groups excluding carboxylic acids is 1. The fourth-order valence-electron chi connectivity index (χ4n) is 2.54. The number of carbonyl (C=O) groups is 1. The van der Waals surface area contributed by atoms with Gasteiger partial charge in [0.05, 0.1) is 26.4 Å². The Balaban J connectivity index is 2.06. The Morgan fingerprint density at radius 1 is 0.781 bits per heavy atom. The summed E-state index contributed by atoms with van der Waals surface area (Å²) in [6.45, 7) is 0. The molecule has 162 valence electrons. The zero-order valence-corrected chi connectivity index (χ0v) is 16.8. The summed E-state index contributed by atoms with van der Waals surface area (Å²) in [7, 11) is -4.28. The van der Waals surface area contributed by atoms with Gasteiger partial charge in [-0.05, 0) is 24.3 Å². The summed E-state index contributed by atoms with van der Waals surface area (Å²) in [5, 5.41) is 22.1. The first-order valence-corrected chi connectivity index (χ1v) is 10.2. The number of nitrogens with zero attached hydrogens (tertiary/aromatic N) is 3. The first-order valence-electron chi connectivity index (χ1n) is 8.79. The first kappa shape index (κ1) is 22.2. The van der Waals surface area contributed by atoms with Gasteiger partial charge >= 0.3 is 5.97 Å². The molecule has 0 aliphatic heterocycles. The van der Waals surface area contributed by atoms with Crippen molar-refractivity contribution in [1.82, 2.24) is 0 Å². The van der Waals surface area contributed by atoms with Crippen molar-refractivity contribution in [1.29, 1.82) is 0 Å². The third-order valence-electron chi connectivity index (χ3n) is 4.01. The molecule has 0 radical (unpaired) electrons. The molecule has 0 aliphatic rings. The molecule has 0 N–H and O–H groups in total. The smallest absolute Gasteiger partial charge is 0.345 e. The van der Waals surface area contributed by atoms with E-state index >= 15 is 0 Å². The number of non-ortho nitro benzene ring substituents is 2. The number of rotatable bonds is 6. The van der Waals surface area contributed by atoms with Gasteiger partial charge in [0.1, 0.15) is 0 Å². The first-order chi connectivity index (χ1) is 15.2. The molecule has 0 saturated carbocycles. The minimum absolute atomic E-state index is 0.125. The molecule has 12 heteroatoms. The highest BCUT2D eigenvalue weighted by Crippen LogP contribution is 2.24. The molecule has 0 spiro atoms. The van der Waals surface area contributed by atoms with Crippen LogP contribution in [0.3, 0.4) is 0 Å². The molecule has 0 aromatic heterocycles. The van der Waals surface area contributed by atoms with E-state index in [4.69, 9.17) is 4.74 Å². The van der Waals surface area contributed by atoms with Gasteiger partial charge in [0, 0.05) is 17.7 Å². The van der Waals surface area contributed by atoms with Crippen LogP contribution in [0.25, 0.3) is 0 Å². The minimum atomic E-state index is -4.28. The van der Waals surface area contributed by atoms with Crippen LogP contribution in [-0.4, -0.2) is 30.1 Å². The molecule has 0 heterocycles. The van der Waals surface area contributed by atoms with Crippen LogP contribution in [0.2, 0.25) is 0 Å². The van der Waals surface area contributed by atoms with Crippen molar-refractivity contribution in [2.45, 2.75) is 4.90 Å². The van der Waals surface area contributed by atoms with E-state index in [-0.39, 0.29) is 10.5 Å². The van der Waals surface area contributed by atoms with Gasteiger partial charge in [-0.2, -0.15) is 8.42 Å². The van der Waals surface area contributed by atoms with Crippen LogP contribution in [-0.2, 0) is 14.8 Å². The summed E-state index contributed by atoms with van der Waals surface area (Å²) >= 11 is 0. The topological polar surface area (TPSA) is 159 Å². The Bertz CT molecular complexity index is 1290. The molecule has 0 atom stereocenters. The maximum atomic E-state index is 12.7. The van der Waals surface area contributed by atoms with Gasteiger partial charge in [0.25, 0.3) is 21.4 Å². The van der Waals surface area contributed by atoms with E-state index in [0.717, 1.165) is 12.1 Å². The molecule has 3 aromatic carbocycles. The lowest BCUT2D eigenvalue weighted by atomic mass is 10.1. The summed E-state index contributed by atoms with van der Waals surface area (Å²) in [6.07, 6.45) is 0. The second kappa shape index (κ2) is 9.14. The monoisotopic (exact) mass is 455 g/mol. The van der Waals surface area contributed by atoms with Gasteiger partial charge in [-0.1, -0.05) is 36.4 Å². The third kappa shape index (κ3) is 5.17. The van der Waals surface area contributed by atoms with Crippen LogP contribution in [0, 0.1) is 20.2 Å². The quantitative estimate of drug-likeness (QED) is 0.179. The standard InChI is InChI=1S/C20H13N3O8S/c24-20(15-11-16(22(25)26)13-17(12-15)23(27)28)31-19(14-7-3-1-4-8-14)21-32(29,30)18-9-5-2-6-10-18/h1-13H/b21-19+. The second-order valence-corrected chi connectivity index (χ2v) is 7.80. The molecular formula is C20H13N3O8S. The van der Waals surface area contributed by atoms with E-state index in [1.54, 1.807) is 24.3 Å². The number of sulfonamides is 1. The van der Waals surface area contributed by atoms with Gasteiger partial charge in [-0.15, -0.1) is 4.40 Å². The Morgan fingerprint density at radius 2 is 1.28 bits per heavy atom. The molecule has 3 rings (SSSR count). The van der Waals surface area contributed by atoms with Crippen LogP contribution in [0.4, 0.5) is 11.4 Å². The maximum absolute atomic E-state index is 12.7. The van der Waals surface area contributed by atoms with E-state index in [9.17, 15) is 33.4 Å². The molecule has 0 aliphatic carbocycles. The van der Waals surface area contributed by atoms with Crippen molar-refractivity contribution in [2.24, 2.45) is 4.40 Å². The van der Waals surface area contributed by atoms with E-state index < -0.39 is 48.7 Å². The molecule has 0 saturated heterocycles. The lowest BCUT2D eigenvalue weighted by Gasteiger charge is -2.09. The normalized spacial score (nSPS) is 11.6. The van der Waals surface area contributed by atoms with Crippen LogP contribution in [0.15, 0.2) is 88.2 Å². The highest BCUT2D eigenvalue weighted by atomic mass is 32.2. The van der Waals surface area contributed by atoms with Gasteiger partial charge in [-0.25, -0.2) is 4.79 Å². The molecule has 0 bridgehead atoms. The van der Waals surface area contributed by atoms with E-state index in [2.05, 4.69) is 4.40 Å². The SMILES string of the molecule is O=C(O/C(=N/S(=O)(=O)c1ccccc1)c1ccccc1)c1cc([N+](=O)[O-])cc([N+](=O)[O-])c1. The largest absolute Gasteiger partial charge is 0.402 e. The van der Waals surface area contributed by atoms with Gasteiger partial charge in [0.15, 0.2) is 0 Å². The number of nitro groups is 2. The van der Waals surface area contributed by atoms with Gasteiger partial charge in [0.2, 0.25) is 5.90 Å². The average molecular weight is 455 g/mol.